The molecule has 2 rings (SSSR count). The Balaban J connectivity index is 2.15. The summed E-state index contributed by atoms with van der Waals surface area (Å²) in [7, 11) is 0. The van der Waals surface area contributed by atoms with Crippen molar-refractivity contribution in [3.05, 3.63) is 34.4 Å². The van der Waals surface area contributed by atoms with Crippen LogP contribution in [0.5, 0.6) is 0 Å². The first-order valence-corrected chi connectivity index (χ1v) is 6.92. The standard InChI is InChI=1S/C13H18BrNO2/c1-2-8-15-13(10-5-3-4-9-16-10)11-6-7-12(14)17-11/h5-7,13,15H,2-4,8-9H2,1H3. The normalized spacial score (nSPS) is 17.4. The summed E-state index contributed by atoms with van der Waals surface area (Å²) in [4.78, 5) is 0. The lowest BCUT2D eigenvalue weighted by Gasteiger charge is -2.23. The first-order chi connectivity index (χ1) is 8.31. The molecular weight excluding hydrogens is 282 g/mol. The van der Waals surface area contributed by atoms with Crippen LogP contribution in [0, 0.1) is 0 Å². The largest absolute Gasteiger partial charge is 0.496 e. The number of rotatable bonds is 5. The minimum absolute atomic E-state index is 0.0431. The molecule has 0 saturated carbocycles. The number of nitrogens with one attached hydrogen (secondary N) is 1. The number of furan rings is 1. The third-order valence-electron chi connectivity index (χ3n) is 2.72. The van der Waals surface area contributed by atoms with Gasteiger partial charge in [0.25, 0.3) is 0 Å². The van der Waals surface area contributed by atoms with Gasteiger partial charge in [0.1, 0.15) is 17.6 Å². The first-order valence-electron chi connectivity index (χ1n) is 6.12. The molecule has 1 aliphatic heterocycles. The predicted octanol–water partition coefficient (Wildman–Crippen LogP) is 3.78. The zero-order valence-corrected chi connectivity index (χ0v) is 11.6. The third kappa shape index (κ3) is 3.36. The SMILES string of the molecule is CCCNC(C1=CCCCO1)c1ccc(Br)o1. The number of halogens is 1. The molecule has 1 atom stereocenters. The number of hydrogen-bond donors (Lipinski definition) is 1. The average molecular weight is 300 g/mol. The minimum atomic E-state index is 0.0431. The summed E-state index contributed by atoms with van der Waals surface area (Å²) in [6, 6.07) is 3.94. The van der Waals surface area contributed by atoms with E-state index in [0.29, 0.717) is 0 Å². The second-order valence-electron chi connectivity index (χ2n) is 4.13. The van der Waals surface area contributed by atoms with Gasteiger partial charge in [-0.2, -0.15) is 0 Å². The maximum Gasteiger partial charge on any atom is 0.169 e. The molecule has 0 saturated heterocycles. The van der Waals surface area contributed by atoms with E-state index < -0.39 is 0 Å². The van der Waals surface area contributed by atoms with Crippen LogP contribution in [0.1, 0.15) is 38.0 Å². The number of hydrogen-bond acceptors (Lipinski definition) is 3. The van der Waals surface area contributed by atoms with Crippen LogP contribution in [0.4, 0.5) is 0 Å². The molecule has 1 N–H and O–H groups in total. The molecule has 4 heteroatoms. The zero-order valence-electron chi connectivity index (χ0n) is 10.0. The van der Waals surface area contributed by atoms with Crippen molar-refractivity contribution >= 4 is 15.9 Å². The molecule has 94 valence electrons. The molecule has 0 radical (unpaired) electrons. The van der Waals surface area contributed by atoms with Crippen LogP contribution < -0.4 is 5.32 Å². The Labute approximate surface area is 110 Å². The number of allylic oxidation sites excluding steroid dienone is 1. The first kappa shape index (κ1) is 12.7. The van der Waals surface area contributed by atoms with Crippen LogP contribution >= 0.6 is 15.9 Å². The van der Waals surface area contributed by atoms with Crippen LogP contribution in [-0.4, -0.2) is 13.2 Å². The van der Waals surface area contributed by atoms with Gasteiger partial charge >= 0.3 is 0 Å². The summed E-state index contributed by atoms with van der Waals surface area (Å²) in [5, 5.41) is 3.46. The Morgan fingerprint density at radius 1 is 1.47 bits per heavy atom. The van der Waals surface area contributed by atoms with Crippen molar-refractivity contribution in [2.45, 2.75) is 32.2 Å². The van der Waals surface area contributed by atoms with E-state index >= 15 is 0 Å². The fourth-order valence-electron chi connectivity index (χ4n) is 1.89. The fraction of sp³-hybridized carbons (Fsp3) is 0.538. The van der Waals surface area contributed by atoms with Gasteiger partial charge < -0.3 is 14.5 Å². The Morgan fingerprint density at radius 2 is 2.35 bits per heavy atom. The predicted molar refractivity (Wildman–Crippen MR) is 70.7 cm³/mol. The molecule has 0 bridgehead atoms. The molecular formula is C13H18BrNO2. The Hall–Kier alpha value is -0.740. The van der Waals surface area contributed by atoms with E-state index in [1.54, 1.807) is 0 Å². The summed E-state index contributed by atoms with van der Waals surface area (Å²) in [6.45, 7) is 3.90. The van der Waals surface area contributed by atoms with Crippen molar-refractivity contribution in [2.75, 3.05) is 13.2 Å². The van der Waals surface area contributed by atoms with Gasteiger partial charge in [0.2, 0.25) is 0 Å². The van der Waals surface area contributed by atoms with Crippen LogP contribution in [0.15, 0.2) is 33.1 Å². The van der Waals surface area contributed by atoms with Crippen molar-refractivity contribution < 1.29 is 9.15 Å². The van der Waals surface area contributed by atoms with E-state index in [1.165, 1.54) is 0 Å². The minimum Gasteiger partial charge on any atom is -0.496 e. The van der Waals surface area contributed by atoms with Crippen molar-refractivity contribution in [1.82, 2.24) is 5.32 Å². The summed E-state index contributed by atoms with van der Waals surface area (Å²) in [5.41, 5.74) is 0. The zero-order chi connectivity index (χ0) is 12.1. The van der Waals surface area contributed by atoms with Gasteiger partial charge in [-0.05, 0) is 59.9 Å². The molecule has 1 unspecified atom stereocenters. The van der Waals surface area contributed by atoms with Gasteiger partial charge in [-0.15, -0.1) is 0 Å². The molecule has 0 amide bonds. The van der Waals surface area contributed by atoms with Gasteiger partial charge in [-0.25, -0.2) is 0 Å². The highest BCUT2D eigenvalue weighted by Gasteiger charge is 2.22. The molecule has 1 aromatic rings. The van der Waals surface area contributed by atoms with E-state index in [-0.39, 0.29) is 6.04 Å². The van der Waals surface area contributed by atoms with Gasteiger partial charge in [0.05, 0.1) is 6.61 Å². The highest BCUT2D eigenvalue weighted by Crippen LogP contribution is 2.28. The molecule has 1 aromatic heterocycles. The summed E-state index contributed by atoms with van der Waals surface area (Å²) < 4.78 is 12.1. The molecule has 0 spiro atoms. The van der Waals surface area contributed by atoms with Crippen molar-refractivity contribution in [1.29, 1.82) is 0 Å². The maximum atomic E-state index is 5.72. The second-order valence-corrected chi connectivity index (χ2v) is 4.91. The summed E-state index contributed by atoms with van der Waals surface area (Å²) in [5.74, 6) is 1.89. The van der Waals surface area contributed by atoms with Gasteiger partial charge in [0.15, 0.2) is 4.67 Å². The van der Waals surface area contributed by atoms with Gasteiger partial charge in [0, 0.05) is 0 Å². The molecule has 3 nitrogen and oxygen atoms in total. The summed E-state index contributed by atoms with van der Waals surface area (Å²) in [6.07, 6.45) is 5.44. The average Bonchev–Trinajstić information content (AvgIpc) is 2.78. The highest BCUT2D eigenvalue weighted by molar-refractivity contribution is 9.10. The van der Waals surface area contributed by atoms with Crippen molar-refractivity contribution in [3.8, 4) is 0 Å². The smallest absolute Gasteiger partial charge is 0.169 e. The van der Waals surface area contributed by atoms with Crippen molar-refractivity contribution in [3.63, 3.8) is 0 Å². The van der Waals surface area contributed by atoms with E-state index in [4.69, 9.17) is 9.15 Å². The summed E-state index contributed by atoms with van der Waals surface area (Å²) >= 11 is 3.34. The Kier molecular flexibility index (Phi) is 4.68. The van der Waals surface area contributed by atoms with Gasteiger partial charge in [-0.1, -0.05) is 6.92 Å². The lowest BCUT2D eigenvalue weighted by Crippen LogP contribution is -2.25. The van der Waals surface area contributed by atoms with E-state index in [9.17, 15) is 0 Å². The van der Waals surface area contributed by atoms with E-state index in [2.05, 4.69) is 34.2 Å². The van der Waals surface area contributed by atoms with Crippen LogP contribution in [0.3, 0.4) is 0 Å². The molecule has 2 heterocycles. The number of ether oxygens (including phenoxy) is 1. The van der Waals surface area contributed by atoms with E-state index in [1.807, 2.05) is 12.1 Å². The third-order valence-corrected chi connectivity index (χ3v) is 3.15. The molecule has 0 aromatic carbocycles. The van der Waals surface area contributed by atoms with Crippen LogP contribution in [0.2, 0.25) is 0 Å². The lowest BCUT2D eigenvalue weighted by molar-refractivity contribution is 0.161. The Bertz CT molecular complexity index is 387. The lowest BCUT2D eigenvalue weighted by atomic mass is 10.1. The van der Waals surface area contributed by atoms with Gasteiger partial charge in [-0.3, -0.25) is 0 Å². The highest BCUT2D eigenvalue weighted by atomic mass is 79.9. The monoisotopic (exact) mass is 299 g/mol. The maximum absolute atomic E-state index is 5.72. The van der Waals surface area contributed by atoms with Crippen LogP contribution in [-0.2, 0) is 4.74 Å². The van der Waals surface area contributed by atoms with Crippen molar-refractivity contribution in [2.24, 2.45) is 0 Å². The molecule has 17 heavy (non-hydrogen) atoms. The van der Waals surface area contributed by atoms with Crippen LogP contribution in [0.25, 0.3) is 0 Å². The fourth-order valence-corrected chi connectivity index (χ4v) is 2.21. The molecule has 1 aliphatic rings. The molecule has 0 fully saturated rings. The topological polar surface area (TPSA) is 34.4 Å². The van der Waals surface area contributed by atoms with E-state index in [0.717, 1.165) is 48.6 Å². The Morgan fingerprint density at radius 3 is 2.94 bits per heavy atom. The molecule has 0 aliphatic carbocycles. The second kappa shape index (κ2) is 6.26. The quantitative estimate of drug-likeness (QED) is 0.898.